The number of hydrogen-bond donors (Lipinski definition) is 1. The van der Waals surface area contributed by atoms with Gasteiger partial charge in [0.2, 0.25) is 0 Å². The second-order valence-electron chi connectivity index (χ2n) is 6.12. The lowest BCUT2D eigenvalue weighted by molar-refractivity contribution is 0.0949. The monoisotopic (exact) mass is 392 g/mol. The highest BCUT2D eigenvalue weighted by Gasteiger charge is 2.12. The summed E-state index contributed by atoms with van der Waals surface area (Å²) in [7, 11) is 0. The molecule has 0 saturated heterocycles. The highest BCUT2D eigenvalue weighted by molar-refractivity contribution is 6.01. The van der Waals surface area contributed by atoms with Crippen LogP contribution in [0.2, 0.25) is 0 Å². The highest BCUT2D eigenvalue weighted by Crippen LogP contribution is 2.18. The molecule has 0 saturated carbocycles. The number of carbonyl (C=O) groups is 1. The predicted molar refractivity (Wildman–Crippen MR) is 110 cm³/mol. The average Bonchev–Trinajstić information content (AvgIpc) is 2.76. The molecule has 3 aromatic carbocycles. The predicted octanol–water partition coefficient (Wildman–Crippen LogP) is 4.44. The molecule has 0 aliphatic carbocycles. The molecule has 29 heavy (non-hydrogen) atoms. The van der Waals surface area contributed by atoms with Gasteiger partial charge in [-0.3, -0.25) is 4.79 Å². The van der Waals surface area contributed by atoms with E-state index in [1.165, 1.54) is 6.07 Å². The number of halogens is 1. The van der Waals surface area contributed by atoms with Crippen molar-refractivity contribution in [3.8, 4) is 11.5 Å². The van der Waals surface area contributed by atoms with Crippen molar-refractivity contribution in [3.63, 3.8) is 0 Å². The van der Waals surface area contributed by atoms with Crippen molar-refractivity contribution in [2.75, 3.05) is 13.2 Å². The van der Waals surface area contributed by atoms with Crippen molar-refractivity contribution in [1.82, 2.24) is 5.43 Å². The van der Waals surface area contributed by atoms with Gasteiger partial charge in [0.15, 0.2) is 0 Å². The van der Waals surface area contributed by atoms with E-state index in [2.05, 4.69) is 10.5 Å². The van der Waals surface area contributed by atoms with E-state index in [4.69, 9.17) is 9.47 Å². The second-order valence-corrected chi connectivity index (χ2v) is 6.12. The van der Waals surface area contributed by atoms with E-state index in [9.17, 15) is 9.18 Å². The lowest BCUT2D eigenvalue weighted by Gasteiger charge is -2.11. The first-order valence-electron chi connectivity index (χ1n) is 9.14. The van der Waals surface area contributed by atoms with Crippen LogP contribution < -0.4 is 14.9 Å². The maximum absolute atomic E-state index is 13.8. The molecule has 0 unspecified atom stereocenters. The van der Waals surface area contributed by atoms with Crippen LogP contribution in [-0.2, 0) is 0 Å². The molecule has 1 N–H and O–H groups in total. The van der Waals surface area contributed by atoms with Crippen molar-refractivity contribution in [1.29, 1.82) is 0 Å². The Hall–Kier alpha value is -3.67. The molecule has 0 aliphatic rings. The molecule has 0 atom stereocenters. The molecule has 0 fully saturated rings. The van der Waals surface area contributed by atoms with Crippen LogP contribution in [-0.4, -0.2) is 24.8 Å². The average molecular weight is 392 g/mol. The quantitative estimate of drug-likeness (QED) is 0.350. The van der Waals surface area contributed by atoms with Crippen molar-refractivity contribution in [2.45, 2.75) is 6.92 Å². The molecule has 1 amide bonds. The summed E-state index contributed by atoms with van der Waals surface area (Å²) in [6.07, 6.45) is 0. The van der Waals surface area contributed by atoms with Gasteiger partial charge in [0, 0.05) is 5.56 Å². The van der Waals surface area contributed by atoms with Gasteiger partial charge in [-0.2, -0.15) is 5.10 Å². The van der Waals surface area contributed by atoms with Crippen LogP contribution in [0.3, 0.4) is 0 Å². The maximum Gasteiger partial charge on any atom is 0.275 e. The van der Waals surface area contributed by atoms with Gasteiger partial charge in [-0.15, -0.1) is 0 Å². The summed E-state index contributed by atoms with van der Waals surface area (Å²) in [5.74, 6) is 0.325. The molecule has 0 spiro atoms. The topological polar surface area (TPSA) is 59.9 Å². The Labute approximate surface area is 168 Å². The van der Waals surface area contributed by atoms with Crippen LogP contribution in [0.25, 0.3) is 0 Å². The second kappa shape index (κ2) is 10.0. The normalized spacial score (nSPS) is 11.0. The molecule has 5 nitrogen and oxygen atoms in total. The Bertz CT molecular complexity index is 990. The number of amides is 1. The molecular weight excluding hydrogens is 371 g/mol. The Morgan fingerprint density at radius 1 is 0.862 bits per heavy atom. The molecule has 0 bridgehead atoms. The minimum atomic E-state index is -0.444. The fourth-order valence-corrected chi connectivity index (χ4v) is 2.62. The summed E-state index contributed by atoms with van der Waals surface area (Å²) in [4.78, 5) is 12.5. The van der Waals surface area contributed by atoms with Gasteiger partial charge < -0.3 is 9.47 Å². The summed E-state index contributed by atoms with van der Waals surface area (Å²) in [6, 6.07) is 22.5. The maximum atomic E-state index is 13.8. The molecule has 0 aromatic heterocycles. The Morgan fingerprint density at radius 2 is 1.48 bits per heavy atom. The van der Waals surface area contributed by atoms with Crippen LogP contribution in [0.1, 0.15) is 22.8 Å². The summed E-state index contributed by atoms with van der Waals surface area (Å²) in [6.45, 7) is 2.24. The molecule has 0 radical (unpaired) electrons. The van der Waals surface area contributed by atoms with Crippen LogP contribution in [0.5, 0.6) is 11.5 Å². The third kappa shape index (κ3) is 5.65. The van der Waals surface area contributed by atoms with E-state index in [0.717, 1.165) is 5.75 Å². The third-order valence-corrected chi connectivity index (χ3v) is 4.07. The zero-order valence-electron chi connectivity index (χ0n) is 16.0. The zero-order valence-corrected chi connectivity index (χ0v) is 16.0. The molecule has 0 aliphatic heterocycles. The molecule has 6 heteroatoms. The Kier molecular flexibility index (Phi) is 6.95. The SMILES string of the molecule is C/C(=N\NC(=O)c1ccccc1OCCOc1ccccc1)c1ccccc1F. The van der Waals surface area contributed by atoms with Gasteiger partial charge in [-0.05, 0) is 37.3 Å². The summed E-state index contributed by atoms with van der Waals surface area (Å²) >= 11 is 0. The number of nitrogens with zero attached hydrogens (tertiary/aromatic N) is 1. The standard InChI is InChI=1S/C23H21FN2O3/c1-17(19-11-5-7-13-21(19)24)25-26-23(27)20-12-6-8-14-22(20)29-16-15-28-18-9-3-2-4-10-18/h2-14H,15-16H2,1H3,(H,26,27)/b25-17+. The first kappa shape index (κ1) is 20.1. The zero-order chi connectivity index (χ0) is 20.5. The number of hydrazone groups is 1. The van der Waals surface area contributed by atoms with E-state index in [-0.39, 0.29) is 6.61 Å². The summed E-state index contributed by atoms with van der Waals surface area (Å²) < 4.78 is 25.1. The smallest absolute Gasteiger partial charge is 0.275 e. The van der Waals surface area contributed by atoms with Crippen LogP contribution in [0, 0.1) is 5.82 Å². The van der Waals surface area contributed by atoms with E-state index in [1.54, 1.807) is 49.4 Å². The molecule has 3 rings (SSSR count). The van der Waals surface area contributed by atoms with Gasteiger partial charge in [0.05, 0.1) is 11.3 Å². The Morgan fingerprint density at radius 3 is 2.24 bits per heavy atom. The number of ether oxygens (including phenoxy) is 2. The first-order valence-corrected chi connectivity index (χ1v) is 9.14. The molecule has 3 aromatic rings. The molecule has 148 valence electrons. The minimum Gasteiger partial charge on any atom is -0.490 e. The van der Waals surface area contributed by atoms with Crippen LogP contribution >= 0.6 is 0 Å². The van der Waals surface area contributed by atoms with Crippen LogP contribution in [0.4, 0.5) is 4.39 Å². The lowest BCUT2D eigenvalue weighted by atomic mass is 10.1. The first-order chi connectivity index (χ1) is 14.1. The Balaban J connectivity index is 1.59. The fraction of sp³-hybridized carbons (Fsp3) is 0.130. The number of benzene rings is 3. The summed E-state index contributed by atoms with van der Waals surface area (Å²) in [5, 5.41) is 4.01. The van der Waals surface area contributed by atoms with Crippen molar-refractivity contribution in [2.24, 2.45) is 5.10 Å². The number of rotatable bonds is 8. The fourth-order valence-electron chi connectivity index (χ4n) is 2.62. The van der Waals surface area contributed by atoms with Crippen molar-refractivity contribution in [3.05, 3.63) is 95.8 Å². The van der Waals surface area contributed by atoms with E-state index in [0.29, 0.717) is 29.2 Å². The number of hydrogen-bond acceptors (Lipinski definition) is 4. The minimum absolute atomic E-state index is 0.275. The van der Waals surface area contributed by atoms with E-state index < -0.39 is 11.7 Å². The largest absolute Gasteiger partial charge is 0.490 e. The van der Waals surface area contributed by atoms with Gasteiger partial charge in [0.25, 0.3) is 5.91 Å². The highest BCUT2D eigenvalue weighted by atomic mass is 19.1. The van der Waals surface area contributed by atoms with Gasteiger partial charge in [-0.25, -0.2) is 9.82 Å². The van der Waals surface area contributed by atoms with Gasteiger partial charge >= 0.3 is 0 Å². The van der Waals surface area contributed by atoms with E-state index >= 15 is 0 Å². The van der Waals surface area contributed by atoms with Crippen molar-refractivity contribution >= 4 is 11.6 Å². The van der Waals surface area contributed by atoms with Gasteiger partial charge in [0.1, 0.15) is 30.5 Å². The van der Waals surface area contributed by atoms with E-state index in [1.807, 2.05) is 30.3 Å². The number of nitrogens with one attached hydrogen (secondary N) is 1. The van der Waals surface area contributed by atoms with Gasteiger partial charge in [-0.1, -0.05) is 48.5 Å². The van der Waals surface area contributed by atoms with Crippen LogP contribution in [0.15, 0.2) is 84.0 Å². The lowest BCUT2D eigenvalue weighted by Crippen LogP contribution is -2.21. The number of carbonyl (C=O) groups excluding carboxylic acids is 1. The third-order valence-electron chi connectivity index (χ3n) is 4.07. The molecular formula is C23H21FN2O3. The molecule has 0 heterocycles. The summed E-state index contributed by atoms with van der Waals surface area (Å²) in [5.41, 5.74) is 3.48. The number of para-hydroxylation sites is 2. The van der Waals surface area contributed by atoms with Crippen molar-refractivity contribution < 1.29 is 18.7 Å².